The van der Waals surface area contributed by atoms with Gasteiger partial charge in [0.05, 0.1) is 17.4 Å². The van der Waals surface area contributed by atoms with Crippen molar-refractivity contribution in [1.82, 2.24) is 4.72 Å². The monoisotopic (exact) mass is 310 g/mol. The molecule has 21 heavy (non-hydrogen) atoms. The lowest BCUT2D eigenvalue weighted by atomic mass is 10.0. The molecular weight excluding hydrogens is 292 g/mol. The summed E-state index contributed by atoms with van der Waals surface area (Å²) in [5.74, 6) is -1.29. The van der Waals surface area contributed by atoms with Gasteiger partial charge >= 0.3 is 5.97 Å². The van der Waals surface area contributed by atoms with Gasteiger partial charge in [-0.15, -0.1) is 0 Å². The molecule has 1 aromatic rings. The number of nitriles is 1. The zero-order valence-corrected chi connectivity index (χ0v) is 12.8. The van der Waals surface area contributed by atoms with Crippen LogP contribution in [0.25, 0.3) is 0 Å². The summed E-state index contributed by atoms with van der Waals surface area (Å²) in [4.78, 5) is 10.6. The SMILES string of the molecule is CC(C)(CCC(=O)O)NS(=O)(=O)Cc1ccccc1C#N. The Hall–Kier alpha value is -1.91. The molecule has 1 aromatic carbocycles. The number of carboxylic acid groups (broad SMARTS) is 1. The molecule has 0 radical (unpaired) electrons. The van der Waals surface area contributed by atoms with E-state index in [2.05, 4.69) is 4.72 Å². The lowest BCUT2D eigenvalue weighted by Gasteiger charge is -2.25. The first-order valence-corrected chi connectivity index (χ1v) is 8.02. The molecule has 0 amide bonds. The van der Waals surface area contributed by atoms with Gasteiger partial charge in [-0.05, 0) is 31.9 Å². The molecule has 0 saturated carbocycles. The summed E-state index contributed by atoms with van der Waals surface area (Å²) in [5.41, 5.74) is -0.133. The van der Waals surface area contributed by atoms with Crippen LogP contribution in [-0.4, -0.2) is 25.0 Å². The van der Waals surface area contributed by atoms with Crippen LogP contribution in [0.4, 0.5) is 0 Å². The highest BCUT2D eigenvalue weighted by Gasteiger charge is 2.26. The van der Waals surface area contributed by atoms with Crippen molar-refractivity contribution in [2.45, 2.75) is 38.0 Å². The molecule has 0 aliphatic rings. The number of carboxylic acids is 1. The summed E-state index contributed by atoms with van der Waals surface area (Å²) in [6.07, 6.45) is 0.0613. The predicted molar refractivity (Wildman–Crippen MR) is 77.9 cm³/mol. The number of hydrogen-bond donors (Lipinski definition) is 2. The normalized spacial score (nSPS) is 11.9. The molecule has 0 atom stereocenters. The molecule has 0 unspecified atom stereocenters. The largest absolute Gasteiger partial charge is 0.481 e. The molecule has 0 bridgehead atoms. The number of benzene rings is 1. The fourth-order valence-electron chi connectivity index (χ4n) is 1.89. The minimum atomic E-state index is -3.67. The second-order valence-electron chi connectivity index (χ2n) is 5.41. The average molecular weight is 310 g/mol. The van der Waals surface area contributed by atoms with Crippen LogP contribution in [0.15, 0.2) is 24.3 Å². The first kappa shape index (κ1) is 17.1. The fourth-order valence-corrected chi connectivity index (χ4v) is 3.56. The van der Waals surface area contributed by atoms with Crippen molar-refractivity contribution in [2.24, 2.45) is 0 Å². The van der Waals surface area contributed by atoms with E-state index < -0.39 is 21.5 Å². The Kier molecular flexibility index (Phi) is 5.47. The first-order valence-electron chi connectivity index (χ1n) is 6.37. The molecule has 114 valence electrons. The summed E-state index contributed by atoms with van der Waals surface area (Å²) < 4.78 is 26.8. The highest BCUT2D eigenvalue weighted by Crippen LogP contribution is 2.16. The van der Waals surface area contributed by atoms with E-state index in [4.69, 9.17) is 10.4 Å². The smallest absolute Gasteiger partial charge is 0.303 e. The van der Waals surface area contributed by atoms with E-state index in [-0.39, 0.29) is 18.6 Å². The van der Waals surface area contributed by atoms with Gasteiger partial charge in [-0.3, -0.25) is 4.79 Å². The van der Waals surface area contributed by atoms with Crippen molar-refractivity contribution >= 4 is 16.0 Å². The van der Waals surface area contributed by atoms with Crippen molar-refractivity contribution in [3.05, 3.63) is 35.4 Å². The van der Waals surface area contributed by atoms with E-state index in [0.29, 0.717) is 11.1 Å². The summed E-state index contributed by atoms with van der Waals surface area (Å²) >= 11 is 0. The Morgan fingerprint density at radius 3 is 2.57 bits per heavy atom. The molecule has 0 aromatic heterocycles. The van der Waals surface area contributed by atoms with Crippen molar-refractivity contribution < 1.29 is 18.3 Å². The zero-order valence-electron chi connectivity index (χ0n) is 12.0. The highest BCUT2D eigenvalue weighted by atomic mass is 32.2. The summed E-state index contributed by atoms with van der Waals surface area (Å²) in [6, 6.07) is 8.43. The Morgan fingerprint density at radius 2 is 2.00 bits per heavy atom. The maximum atomic E-state index is 12.2. The number of carbonyl (C=O) groups is 1. The van der Waals surface area contributed by atoms with E-state index in [9.17, 15) is 13.2 Å². The second kappa shape index (κ2) is 6.70. The van der Waals surface area contributed by atoms with Crippen LogP contribution in [0.1, 0.15) is 37.8 Å². The molecule has 2 N–H and O–H groups in total. The molecule has 0 aliphatic carbocycles. The van der Waals surface area contributed by atoms with Gasteiger partial charge in [0.15, 0.2) is 0 Å². The molecule has 1 rings (SSSR count). The second-order valence-corrected chi connectivity index (χ2v) is 7.13. The van der Waals surface area contributed by atoms with Gasteiger partial charge in [-0.25, -0.2) is 13.1 Å². The standard InChI is InChI=1S/C14H18N2O4S/c1-14(2,8-7-13(17)18)16-21(19,20)10-12-6-4-3-5-11(12)9-15/h3-6,16H,7-8,10H2,1-2H3,(H,17,18). The number of nitrogens with zero attached hydrogens (tertiary/aromatic N) is 1. The van der Waals surface area contributed by atoms with Crippen molar-refractivity contribution in [3.63, 3.8) is 0 Å². The zero-order chi connectivity index (χ0) is 16.1. The lowest BCUT2D eigenvalue weighted by Crippen LogP contribution is -2.44. The van der Waals surface area contributed by atoms with Gasteiger partial charge in [0.25, 0.3) is 0 Å². The van der Waals surface area contributed by atoms with Crippen molar-refractivity contribution in [3.8, 4) is 6.07 Å². The number of nitrogens with one attached hydrogen (secondary N) is 1. The van der Waals surface area contributed by atoms with Gasteiger partial charge in [0.1, 0.15) is 0 Å². The van der Waals surface area contributed by atoms with E-state index in [1.54, 1.807) is 38.1 Å². The van der Waals surface area contributed by atoms with Crippen molar-refractivity contribution in [2.75, 3.05) is 0 Å². The molecule has 0 heterocycles. The summed E-state index contributed by atoms with van der Waals surface area (Å²) in [6.45, 7) is 3.26. The Balaban J connectivity index is 2.83. The lowest BCUT2D eigenvalue weighted by molar-refractivity contribution is -0.137. The van der Waals surface area contributed by atoms with Crippen LogP contribution in [0, 0.1) is 11.3 Å². The van der Waals surface area contributed by atoms with Gasteiger partial charge < -0.3 is 5.11 Å². The van der Waals surface area contributed by atoms with Gasteiger partial charge in [0.2, 0.25) is 10.0 Å². The van der Waals surface area contributed by atoms with Crippen LogP contribution in [0.5, 0.6) is 0 Å². The third-order valence-corrected chi connectivity index (χ3v) is 4.43. The predicted octanol–water partition coefficient (Wildman–Crippen LogP) is 1.62. The number of sulfonamides is 1. The van der Waals surface area contributed by atoms with Crippen LogP contribution >= 0.6 is 0 Å². The van der Waals surface area contributed by atoms with Gasteiger partial charge in [0, 0.05) is 12.0 Å². The number of rotatable bonds is 7. The molecule has 6 nitrogen and oxygen atoms in total. The number of aliphatic carboxylic acids is 1. The summed E-state index contributed by atoms with van der Waals surface area (Å²) in [7, 11) is -3.67. The van der Waals surface area contributed by atoms with E-state index >= 15 is 0 Å². The minimum absolute atomic E-state index is 0.121. The third kappa shape index (κ3) is 5.94. The quantitative estimate of drug-likeness (QED) is 0.795. The molecule has 0 aliphatic heterocycles. The summed E-state index contributed by atoms with van der Waals surface area (Å²) in [5, 5.41) is 17.6. The van der Waals surface area contributed by atoms with Gasteiger partial charge in [-0.2, -0.15) is 5.26 Å². The molecular formula is C14H18N2O4S. The fraction of sp³-hybridized carbons (Fsp3) is 0.429. The van der Waals surface area contributed by atoms with Gasteiger partial charge in [-0.1, -0.05) is 18.2 Å². The third-order valence-electron chi connectivity index (χ3n) is 2.88. The first-order chi connectivity index (χ1) is 9.65. The van der Waals surface area contributed by atoms with Crippen LogP contribution in [0.3, 0.4) is 0 Å². The maximum Gasteiger partial charge on any atom is 0.303 e. The van der Waals surface area contributed by atoms with E-state index in [1.807, 2.05) is 6.07 Å². The topological polar surface area (TPSA) is 107 Å². The maximum absolute atomic E-state index is 12.2. The Labute approximate surface area is 124 Å². The average Bonchev–Trinajstić information content (AvgIpc) is 2.35. The van der Waals surface area contributed by atoms with Crippen LogP contribution in [0.2, 0.25) is 0 Å². The minimum Gasteiger partial charge on any atom is -0.481 e. The highest BCUT2D eigenvalue weighted by molar-refractivity contribution is 7.88. The van der Waals surface area contributed by atoms with Crippen LogP contribution < -0.4 is 4.72 Å². The molecule has 0 fully saturated rings. The molecule has 0 spiro atoms. The van der Waals surface area contributed by atoms with Crippen LogP contribution in [-0.2, 0) is 20.6 Å². The molecule has 7 heteroatoms. The Bertz CT molecular complexity index is 660. The van der Waals surface area contributed by atoms with Crippen molar-refractivity contribution in [1.29, 1.82) is 5.26 Å². The molecule has 0 saturated heterocycles. The van der Waals surface area contributed by atoms with E-state index in [1.165, 1.54) is 0 Å². The van der Waals surface area contributed by atoms with E-state index in [0.717, 1.165) is 0 Å². The Morgan fingerprint density at radius 1 is 1.38 bits per heavy atom. The number of hydrogen-bond acceptors (Lipinski definition) is 4.